The van der Waals surface area contributed by atoms with Gasteiger partial charge in [-0.3, -0.25) is 4.79 Å². The van der Waals surface area contributed by atoms with Crippen LogP contribution in [0.4, 0.5) is 5.69 Å². The fraction of sp³-hybridized carbons (Fsp3) is 0.0526. The summed E-state index contributed by atoms with van der Waals surface area (Å²) >= 11 is 5.85. The van der Waals surface area contributed by atoms with Crippen LogP contribution in [0.2, 0.25) is 5.02 Å². The number of fused-ring (bicyclic) bond motifs is 3. The third-order valence-electron chi connectivity index (χ3n) is 4.13. The third-order valence-corrected chi connectivity index (χ3v) is 4.38. The third kappa shape index (κ3) is 2.58. The number of benzene rings is 2. The highest BCUT2D eigenvalue weighted by Gasteiger charge is 2.18. The van der Waals surface area contributed by atoms with Crippen LogP contribution in [0.5, 0.6) is 0 Å². The standard InChI is InChI=1S/C19H13ClN2O3/c1-22-15(18(23)21-12-8-6-11(20)7-9-12)10-14-17(22)13-4-2-3-5-16(13)25-19(14)24/h2-10H,1H3,(H,21,23). The fourth-order valence-electron chi connectivity index (χ4n) is 2.94. The first-order chi connectivity index (χ1) is 12.0. The topological polar surface area (TPSA) is 64.2 Å². The van der Waals surface area contributed by atoms with Crippen LogP contribution >= 0.6 is 11.6 Å². The Balaban J connectivity index is 1.85. The maximum atomic E-state index is 12.6. The summed E-state index contributed by atoms with van der Waals surface area (Å²) in [4.78, 5) is 24.9. The molecule has 2 heterocycles. The number of aromatic nitrogens is 1. The van der Waals surface area contributed by atoms with Crippen molar-refractivity contribution in [2.24, 2.45) is 7.05 Å². The van der Waals surface area contributed by atoms with Gasteiger partial charge in [-0.25, -0.2) is 4.79 Å². The van der Waals surface area contributed by atoms with E-state index in [1.165, 1.54) is 0 Å². The molecule has 5 nitrogen and oxygen atoms in total. The average molecular weight is 353 g/mol. The highest BCUT2D eigenvalue weighted by molar-refractivity contribution is 6.30. The van der Waals surface area contributed by atoms with Gasteiger partial charge in [-0.1, -0.05) is 23.7 Å². The number of nitrogens with zero attached hydrogens (tertiary/aromatic N) is 1. The minimum Gasteiger partial charge on any atom is -0.422 e. The van der Waals surface area contributed by atoms with E-state index in [2.05, 4.69) is 5.32 Å². The van der Waals surface area contributed by atoms with Crippen LogP contribution in [0.15, 0.2) is 63.8 Å². The van der Waals surface area contributed by atoms with Crippen LogP contribution in [0, 0.1) is 0 Å². The molecule has 124 valence electrons. The molecule has 0 aliphatic carbocycles. The lowest BCUT2D eigenvalue weighted by Crippen LogP contribution is -2.15. The summed E-state index contributed by atoms with van der Waals surface area (Å²) in [6.45, 7) is 0. The van der Waals surface area contributed by atoms with Crippen LogP contribution in [-0.2, 0) is 7.05 Å². The maximum Gasteiger partial charge on any atom is 0.345 e. The van der Waals surface area contributed by atoms with Gasteiger partial charge in [0.05, 0.1) is 10.9 Å². The minimum atomic E-state index is -0.463. The molecule has 0 radical (unpaired) electrons. The van der Waals surface area contributed by atoms with Crippen molar-refractivity contribution in [1.82, 2.24) is 4.57 Å². The van der Waals surface area contributed by atoms with Crippen molar-refractivity contribution in [2.45, 2.75) is 0 Å². The van der Waals surface area contributed by atoms with Crippen LogP contribution in [-0.4, -0.2) is 10.5 Å². The molecule has 0 fully saturated rings. The zero-order chi connectivity index (χ0) is 17.6. The van der Waals surface area contributed by atoms with E-state index in [1.54, 1.807) is 54.1 Å². The molecular formula is C19H13ClN2O3. The highest BCUT2D eigenvalue weighted by atomic mass is 35.5. The second kappa shape index (κ2) is 5.79. The number of aryl methyl sites for hydroxylation is 1. The van der Waals surface area contributed by atoms with Crippen molar-refractivity contribution in [2.75, 3.05) is 5.32 Å². The van der Waals surface area contributed by atoms with Crippen molar-refractivity contribution in [3.8, 4) is 0 Å². The van der Waals surface area contributed by atoms with Gasteiger partial charge in [-0.15, -0.1) is 0 Å². The second-order valence-electron chi connectivity index (χ2n) is 5.70. The van der Waals surface area contributed by atoms with Crippen molar-refractivity contribution in [3.63, 3.8) is 0 Å². The van der Waals surface area contributed by atoms with E-state index in [9.17, 15) is 9.59 Å². The Kier molecular flexibility index (Phi) is 3.58. The quantitative estimate of drug-likeness (QED) is 0.550. The summed E-state index contributed by atoms with van der Waals surface area (Å²) in [5.41, 5.74) is 1.69. The number of carbonyl (C=O) groups excluding carboxylic acids is 1. The van der Waals surface area contributed by atoms with Crippen molar-refractivity contribution in [3.05, 3.63) is 75.7 Å². The van der Waals surface area contributed by atoms with Crippen LogP contribution < -0.4 is 10.9 Å². The summed E-state index contributed by atoms with van der Waals surface area (Å²) in [7, 11) is 1.75. The molecule has 0 atom stereocenters. The zero-order valence-corrected chi connectivity index (χ0v) is 14.0. The molecule has 0 unspecified atom stereocenters. The predicted octanol–water partition coefficient (Wildman–Crippen LogP) is 4.19. The van der Waals surface area contributed by atoms with E-state index in [-0.39, 0.29) is 5.91 Å². The molecule has 6 heteroatoms. The van der Waals surface area contributed by atoms with Crippen LogP contribution in [0.3, 0.4) is 0 Å². The largest absolute Gasteiger partial charge is 0.422 e. The van der Waals surface area contributed by atoms with Gasteiger partial charge in [0, 0.05) is 23.1 Å². The van der Waals surface area contributed by atoms with Gasteiger partial charge in [-0.2, -0.15) is 0 Å². The smallest absolute Gasteiger partial charge is 0.345 e. The minimum absolute atomic E-state index is 0.315. The zero-order valence-electron chi connectivity index (χ0n) is 13.2. The van der Waals surface area contributed by atoms with Gasteiger partial charge in [0.15, 0.2) is 0 Å². The second-order valence-corrected chi connectivity index (χ2v) is 6.13. The number of hydrogen-bond donors (Lipinski definition) is 1. The molecule has 2 aromatic carbocycles. The molecule has 4 aromatic rings. The molecule has 0 spiro atoms. The Morgan fingerprint density at radius 2 is 1.80 bits per heavy atom. The number of rotatable bonds is 2. The molecule has 25 heavy (non-hydrogen) atoms. The Hall–Kier alpha value is -3.05. The molecule has 0 saturated heterocycles. The van der Waals surface area contributed by atoms with Crippen LogP contribution in [0.1, 0.15) is 10.5 Å². The van der Waals surface area contributed by atoms with E-state index in [1.807, 2.05) is 12.1 Å². The Bertz CT molecular complexity index is 1170. The van der Waals surface area contributed by atoms with Crippen molar-refractivity contribution < 1.29 is 9.21 Å². The summed E-state index contributed by atoms with van der Waals surface area (Å²) in [5.74, 6) is -0.315. The van der Waals surface area contributed by atoms with Gasteiger partial charge in [0.25, 0.3) is 5.91 Å². The van der Waals surface area contributed by atoms with Gasteiger partial charge < -0.3 is 14.3 Å². The molecule has 1 N–H and O–H groups in total. The number of nitrogens with one attached hydrogen (secondary N) is 1. The molecule has 0 bridgehead atoms. The Labute approximate surface area is 147 Å². The summed E-state index contributed by atoms with van der Waals surface area (Å²) in [5, 5.41) is 4.55. The predicted molar refractivity (Wildman–Crippen MR) is 98.4 cm³/mol. The summed E-state index contributed by atoms with van der Waals surface area (Å²) in [6, 6.07) is 15.6. The lowest BCUT2D eigenvalue weighted by molar-refractivity contribution is 0.102. The van der Waals surface area contributed by atoms with E-state index >= 15 is 0 Å². The lowest BCUT2D eigenvalue weighted by atomic mass is 10.2. The highest BCUT2D eigenvalue weighted by Crippen LogP contribution is 2.25. The molecule has 0 saturated carbocycles. The monoisotopic (exact) mass is 352 g/mol. The SMILES string of the molecule is Cn1c(C(=O)Nc2ccc(Cl)cc2)cc2c(=O)oc3ccccc3c21. The Morgan fingerprint density at radius 1 is 1.08 bits per heavy atom. The molecule has 4 rings (SSSR count). The average Bonchev–Trinajstić information content (AvgIpc) is 2.96. The van der Waals surface area contributed by atoms with Gasteiger partial charge in [0.1, 0.15) is 11.3 Å². The number of para-hydroxylation sites is 1. The molecular weight excluding hydrogens is 340 g/mol. The number of halogens is 1. The van der Waals surface area contributed by atoms with E-state index < -0.39 is 5.63 Å². The summed E-state index contributed by atoms with van der Waals surface area (Å²) < 4.78 is 7.05. The first-order valence-corrected chi connectivity index (χ1v) is 8.00. The van der Waals surface area contributed by atoms with Gasteiger partial charge >= 0.3 is 5.63 Å². The number of anilines is 1. The first kappa shape index (κ1) is 15.5. The lowest BCUT2D eigenvalue weighted by Gasteiger charge is -2.07. The molecule has 1 amide bonds. The van der Waals surface area contributed by atoms with Crippen LogP contribution in [0.25, 0.3) is 21.9 Å². The summed E-state index contributed by atoms with van der Waals surface area (Å²) in [6.07, 6.45) is 0. The van der Waals surface area contributed by atoms with Gasteiger partial charge in [0.2, 0.25) is 0 Å². The Morgan fingerprint density at radius 3 is 2.56 bits per heavy atom. The normalized spacial score (nSPS) is 11.1. The number of amides is 1. The fourth-order valence-corrected chi connectivity index (χ4v) is 3.06. The van der Waals surface area contributed by atoms with E-state index in [4.69, 9.17) is 16.0 Å². The molecule has 0 aliphatic heterocycles. The van der Waals surface area contributed by atoms with E-state index in [0.29, 0.717) is 32.9 Å². The molecule has 2 aromatic heterocycles. The maximum absolute atomic E-state index is 12.6. The van der Waals surface area contributed by atoms with Crippen molar-refractivity contribution in [1.29, 1.82) is 0 Å². The molecule has 0 aliphatic rings. The van der Waals surface area contributed by atoms with Gasteiger partial charge in [-0.05, 0) is 42.5 Å². The van der Waals surface area contributed by atoms with Crippen molar-refractivity contribution >= 4 is 45.1 Å². The number of hydrogen-bond acceptors (Lipinski definition) is 3. The van der Waals surface area contributed by atoms with E-state index in [0.717, 1.165) is 5.39 Å². The first-order valence-electron chi connectivity index (χ1n) is 7.63. The number of carbonyl (C=O) groups is 1.